The molecule has 96 valence electrons. The standard InChI is InChI=1S/C13H13F3N2/c14-13(15,16)7-4-5-11-9(6-7)8-2-1-3-10(17)12(8)18-11/h4-6,10,18H,1-3,17H2. The number of aryl methyl sites for hydroxylation is 1. The maximum absolute atomic E-state index is 12.7. The van der Waals surface area contributed by atoms with Crippen LogP contribution < -0.4 is 5.73 Å². The average molecular weight is 254 g/mol. The molecular formula is C13H13F3N2. The summed E-state index contributed by atoms with van der Waals surface area (Å²) in [6.45, 7) is 0. The number of nitrogens with one attached hydrogen (secondary N) is 1. The lowest BCUT2D eigenvalue weighted by molar-refractivity contribution is -0.137. The van der Waals surface area contributed by atoms with Gasteiger partial charge in [-0.25, -0.2) is 0 Å². The van der Waals surface area contributed by atoms with Crippen LogP contribution in [0.15, 0.2) is 18.2 Å². The van der Waals surface area contributed by atoms with Gasteiger partial charge in [0.2, 0.25) is 0 Å². The highest BCUT2D eigenvalue weighted by Crippen LogP contribution is 2.37. The van der Waals surface area contributed by atoms with Crippen molar-refractivity contribution in [2.75, 3.05) is 0 Å². The first-order valence-electron chi connectivity index (χ1n) is 5.94. The van der Waals surface area contributed by atoms with E-state index in [2.05, 4.69) is 4.98 Å². The second-order valence-corrected chi connectivity index (χ2v) is 4.77. The molecule has 0 saturated heterocycles. The Morgan fingerprint density at radius 2 is 2.06 bits per heavy atom. The SMILES string of the molecule is NC1CCCc2c1[nH]c1ccc(C(F)(F)F)cc21. The van der Waals surface area contributed by atoms with E-state index in [0.717, 1.165) is 42.1 Å². The van der Waals surface area contributed by atoms with Crippen molar-refractivity contribution in [3.8, 4) is 0 Å². The second kappa shape index (κ2) is 3.75. The summed E-state index contributed by atoms with van der Waals surface area (Å²) in [5.41, 5.74) is 7.97. The zero-order chi connectivity index (χ0) is 12.9. The molecular weight excluding hydrogens is 241 g/mol. The van der Waals surface area contributed by atoms with Crippen LogP contribution in [-0.4, -0.2) is 4.98 Å². The monoisotopic (exact) mass is 254 g/mol. The Morgan fingerprint density at radius 3 is 2.78 bits per heavy atom. The van der Waals surface area contributed by atoms with Crippen molar-refractivity contribution in [2.24, 2.45) is 5.73 Å². The van der Waals surface area contributed by atoms with E-state index in [0.29, 0.717) is 5.39 Å². The van der Waals surface area contributed by atoms with Crippen LogP contribution in [0.1, 0.15) is 35.7 Å². The summed E-state index contributed by atoms with van der Waals surface area (Å²) in [5, 5.41) is 0.662. The van der Waals surface area contributed by atoms with Crippen LogP contribution in [-0.2, 0) is 12.6 Å². The molecule has 1 aromatic carbocycles. The molecule has 0 amide bonds. The molecule has 2 aromatic rings. The van der Waals surface area contributed by atoms with E-state index in [9.17, 15) is 13.2 Å². The minimum Gasteiger partial charge on any atom is -0.357 e. The lowest BCUT2D eigenvalue weighted by Crippen LogP contribution is -2.16. The average Bonchev–Trinajstić information content (AvgIpc) is 2.67. The molecule has 1 atom stereocenters. The van der Waals surface area contributed by atoms with Gasteiger partial charge in [0.1, 0.15) is 0 Å². The smallest absolute Gasteiger partial charge is 0.357 e. The molecule has 1 heterocycles. The zero-order valence-electron chi connectivity index (χ0n) is 9.64. The molecule has 1 unspecified atom stereocenters. The number of fused-ring (bicyclic) bond motifs is 3. The van der Waals surface area contributed by atoms with Crippen molar-refractivity contribution in [1.82, 2.24) is 4.98 Å². The first-order valence-corrected chi connectivity index (χ1v) is 5.94. The number of hydrogen-bond acceptors (Lipinski definition) is 1. The third kappa shape index (κ3) is 1.70. The van der Waals surface area contributed by atoms with E-state index in [4.69, 9.17) is 5.73 Å². The summed E-state index contributed by atoms with van der Waals surface area (Å²) >= 11 is 0. The number of aromatic nitrogens is 1. The minimum absolute atomic E-state index is 0.0875. The third-order valence-electron chi connectivity index (χ3n) is 3.58. The Bertz CT molecular complexity index is 598. The summed E-state index contributed by atoms with van der Waals surface area (Å²) in [7, 11) is 0. The predicted molar refractivity (Wildman–Crippen MR) is 63.2 cm³/mol. The number of aromatic amines is 1. The number of H-pyrrole nitrogens is 1. The van der Waals surface area contributed by atoms with E-state index in [1.165, 1.54) is 12.1 Å². The van der Waals surface area contributed by atoms with Gasteiger partial charge in [-0.2, -0.15) is 13.2 Å². The molecule has 1 aliphatic rings. The molecule has 2 nitrogen and oxygen atoms in total. The zero-order valence-corrected chi connectivity index (χ0v) is 9.64. The van der Waals surface area contributed by atoms with Crippen molar-refractivity contribution in [2.45, 2.75) is 31.5 Å². The first-order chi connectivity index (χ1) is 8.47. The van der Waals surface area contributed by atoms with Gasteiger partial charge in [-0.1, -0.05) is 0 Å². The van der Waals surface area contributed by atoms with Crippen molar-refractivity contribution in [3.05, 3.63) is 35.0 Å². The fourth-order valence-corrected chi connectivity index (χ4v) is 2.67. The third-order valence-corrected chi connectivity index (χ3v) is 3.58. The fraction of sp³-hybridized carbons (Fsp3) is 0.385. The summed E-state index contributed by atoms with van der Waals surface area (Å²) in [4.78, 5) is 3.15. The number of hydrogen-bond donors (Lipinski definition) is 2. The maximum atomic E-state index is 12.7. The molecule has 0 radical (unpaired) electrons. The highest BCUT2D eigenvalue weighted by molar-refractivity contribution is 5.86. The van der Waals surface area contributed by atoms with E-state index in [-0.39, 0.29) is 6.04 Å². The van der Waals surface area contributed by atoms with Gasteiger partial charge in [-0.3, -0.25) is 0 Å². The normalized spacial score (nSPS) is 20.1. The van der Waals surface area contributed by atoms with Gasteiger partial charge in [-0.05, 0) is 43.0 Å². The van der Waals surface area contributed by atoms with Crippen LogP contribution in [0.2, 0.25) is 0 Å². The fourth-order valence-electron chi connectivity index (χ4n) is 2.67. The highest BCUT2D eigenvalue weighted by atomic mass is 19.4. The number of rotatable bonds is 0. The Kier molecular flexibility index (Phi) is 2.41. The molecule has 0 bridgehead atoms. The maximum Gasteiger partial charge on any atom is 0.416 e. The summed E-state index contributed by atoms with van der Waals surface area (Å²) in [6.07, 6.45) is -1.69. The number of alkyl halides is 3. The summed E-state index contributed by atoms with van der Waals surface area (Å²) in [5.74, 6) is 0. The van der Waals surface area contributed by atoms with Crippen molar-refractivity contribution < 1.29 is 13.2 Å². The van der Waals surface area contributed by atoms with Gasteiger partial charge in [-0.15, -0.1) is 0 Å². The van der Waals surface area contributed by atoms with Gasteiger partial charge >= 0.3 is 6.18 Å². The molecule has 18 heavy (non-hydrogen) atoms. The Labute approximate surface area is 102 Å². The van der Waals surface area contributed by atoms with Crippen LogP contribution in [0, 0.1) is 0 Å². The lowest BCUT2D eigenvalue weighted by Gasteiger charge is -2.18. The van der Waals surface area contributed by atoms with Crippen molar-refractivity contribution >= 4 is 10.9 Å². The van der Waals surface area contributed by atoms with E-state index in [1.807, 2.05) is 0 Å². The molecule has 0 saturated carbocycles. The van der Waals surface area contributed by atoms with Crippen molar-refractivity contribution in [3.63, 3.8) is 0 Å². The Hall–Kier alpha value is -1.49. The lowest BCUT2D eigenvalue weighted by atomic mass is 9.92. The quantitative estimate of drug-likeness (QED) is 0.742. The molecule has 0 fully saturated rings. The van der Waals surface area contributed by atoms with E-state index in [1.54, 1.807) is 0 Å². The van der Waals surface area contributed by atoms with Crippen LogP contribution in [0.3, 0.4) is 0 Å². The molecule has 0 aliphatic heterocycles. The predicted octanol–water partition coefficient (Wildman–Crippen LogP) is 3.52. The molecule has 3 N–H and O–H groups in total. The Morgan fingerprint density at radius 1 is 1.28 bits per heavy atom. The summed E-state index contributed by atoms with van der Waals surface area (Å²) in [6, 6.07) is 3.73. The second-order valence-electron chi connectivity index (χ2n) is 4.77. The number of nitrogens with two attached hydrogens (primary N) is 1. The van der Waals surface area contributed by atoms with Crippen LogP contribution in [0.4, 0.5) is 13.2 Å². The van der Waals surface area contributed by atoms with E-state index < -0.39 is 11.7 Å². The van der Waals surface area contributed by atoms with Gasteiger partial charge in [0.15, 0.2) is 0 Å². The molecule has 5 heteroatoms. The summed E-state index contributed by atoms with van der Waals surface area (Å²) < 4.78 is 38.1. The molecule has 1 aliphatic carbocycles. The van der Waals surface area contributed by atoms with Gasteiger partial charge < -0.3 is 10.7 Å². The van der Waals surface area contributed by atoms with Crippen molar-refractivity contribution in [1.29, 1.82) is 0 Å². The highest BCUT2D eigenvalue weighted by Gasteiger charge is 2.31. The number of halogens is 3. The van der Waals surface area contributed by atoms with Gasteiger partial charge in [0.05, 0.1) is 5.56 Å². The van der Waals surface area contributed by atoms with Crippen LogP contribution in [0.5, 0.6) is 0 Å². The molecule has 1 aromatic heterocycles. The minimum atomic E-state index is -4.30. The molecule has 0 spiro atoms. The molecule has 3 rings (SSSR count). The van der Waals surface area contributed by atoms with Crippen LogP contribution in [0.25, 0.3) is 10.9 Å². The number of benzene rings is 1. The Balaban J connectivity index is 2.22. The van der Waals surface area contributed by atoms with Gasteiger partial charge in [0, 0.05) is 22.6 Å². The largest absolute Gasteiger partial charge is 0.416 e. The van der Waals surface area contributed by atoms with E-state index >= 15 is 0 Å². The van der Waals surface area contributed by atoms with Gasteiger partial charge in [0.25, 0.3) is 0 Å². The first kappa shape index (κ1) is 11.6. The topological polar surface area (TPSA) is 41.8 Å². The van der Waals surface area contributed by atoms with Crippen LogP contribution >= 0.6 is 0 Å².